The molecule has 0 saturated carbocycles. The van der Waals surface area contributed by atoms with Crippen LogP contribution in [0.5, 0.6) is 5.75 Å². The first-order valence-electron chi connectivity index (χ1n) is 5.39. The van der Waals surface area contributed by atoms with Crippen molar-refractivity contribution in [1.82, 2.24) is 9.97 Å². The third-order valence-corrected chi connectivity index (χ3v) is 2.52. The third kappa shape index (κ3) is 4.03. The van der Waals surface area contributed by atoms with Gasteiger partial charge in [0.1, 0.15) is 11.6 Å². The maximum atomic E-state index is 11.9. The summed E-state index contributed by atoms with van der Waals surface area (Å²) in [5.41, 5.74) is 0.656. The van der Waals surface area contributed by atoms with E-state index in [0.717, 1.165) is 0 Å². The van der Waals surface area contributed by atoms with E-state index in [0.29, 0.717) is 23.1 Å². The molecule has 0 unspecified atom stereocenters. The highest BCUT2D eigenvalue weighted by molar-refractivity contribution is 6.32. The second-order valence-electron chi connectivity index (χ2n) is 3.55. The Labute approximate surface area is 113 Å². The van der Waals surface area contributed by atoms with E-state index < -0.39 is 6.61 Å². The van der Waals surface area contributed by atoms with Crippen LogP contribution in [0.1, 0.15) is 5.69 Å². The quantitative estimate of drug-likeness (QED) is 0.915. The van der Waals surface area contributed by atoms with Crippen LogP contribution >= 0.6 is 11.6 Å². The summed E-state index contributed by atoms with van der Waals surface area (Å²) in [5.74, 6) is 0.563. The molecular weight excluding hydrogens is 276 g/mol. The number of pyridine rings is 2. The van der Waals surface area contributed by atoms with Gasteiger partial charge in [0.15, 0.2) is 0 Å². The van der Waals surface area contributed by atoms with Crippen molar-refractivity contribution in [3.05, 3.63) is 47.4 Å². The molecule has 0 radical (unpaired) electrons. The largest absolute Gasteiger partial charge is 0.433 e. The van der Waals surface area contributed by atoms with Gasteiger partial charge in [-0.15, -0.1) is 0 Å². The summed E-state index contributed by atoms with van der Waals surface area (Å²) < 4.78 is 28.1. The lowest BCUT2D eigenvalue weighted by Gasteiger charge is -2.07. The molecule has 19 heavy (non-hydrogen) atoms. The van der Waals surface area contributed by atoms with Crippen molar-refractivity contribution < 1.29 is 13.5 Å². The summed E-state index contributed by atoms with van der Waals surface area (Å²) in [4.78, 5) is 8.04. The van der Waals surface area contributed by atoms with Gasteiger partial charge in [-0.05, 0) is 24.3 Å². The van der Waals surface area contributed by atoms with Crippen LogP contribution in [-0.4, -0.2) is 16.6 Å². The van der Waals surface area contributed by atoms with E-state index in [1.165, 1.54) is 12.3 Å². The minimum absolute atomic E-state index is 0.0228. The van der Waals surface area contributed by atoms with E-state index in [9.17, 15) is 8.78 Å². The van der Waals surface area contributed by atoms with E-state index in [1.54, 1.807) is 24.4 Å². The van der Waals surface area contributed by atoms with Crippen LogP contribution in [0.2, 0.25) is 5.02 Å². The van der Waals surface area contributed by atoms with Gasteiger partial charge in [-0.1, -0.05) is 11.6 Å². The summed E-state index contributed by atoms with van der Waals surface area (Å²) in [7, 11) is 0. The number of alkyl halides is 2. The van der Waals surface area contributed by atoms with Crippen LogP contribution < -0.4 is 10.1 Å². The number of ether oxygens (including phenoxy) is 1. The molecule has 2 aromatic rings. The molecule has 0 aromatic carbocycles. The number of nitrogens with zero attached hydrogens (tertiary/aromatic N) is 2. The van der Waals surface area contributed by atoms with Crippen molar-refractivity contribution >= 4 is 17.4 Å². The Morgan fingerprint density at radius 2 is 2.11 bits per heavy atom. The predicted octanol–water partition coefficient (Wildman–Crippen LogP) is 3.34. The van der Waals surface area contributed by atoms with E-state index in [2.05, 4.69) is 20.0 Å². The zero-order valence-electron chi connectivity index (χ0n) is 9.69. The lowest BCUT2D eigenvalue weighted by atomic mass is 10.3. The summed E-state index contributed by atoms with van der Waals surface area (Å²) in [5, 5.41) is 3.50. The molecule has 7 heteroatoms. The molecule has 0 saturated heterocycles. The van der Waals surface area contributed by atoms with Crippen molar-refractivity contribution in [2.75, 3.05) is 5.32 Å². The Morgan fingerprint density at radius 3 is 2.74 bits per heavy atom. The fourth-order valence-corrected chi connectivity index (χ4v) is 1.57. The molecule has 0 atom stereocenters. The second-order valence-corrected chi connectivity index (χ2v) is 3.96. The fourth-order valence-electron chi connectivity index (χ4n) is 1.38. The maximum absolute atomic E-state index is 11.9. The number of aromatic nitrogens is 2. The average molecular weight is 286 g/mol. The van der Waals surface area contributed by atoms with E-state index in [1.807, 2.05) is 0 Å². The lowest BCUT2D eigenvalue weighted by molar-refractivity contribution is -0.0500. The van der Waals surface area contributed by atoms with Gasteiger partial charge < -0.3 is 10.1 Å². The molecular formula is C12H10ClF2N3O. The Balaban J connectivity index is 1.95. The van der Waals surface area contributed by atoms with Gasteiger partial charge in [0.25, 0.3) is 0 Å². The molecule has 0 aliphatic heterocycles. The standard InChI is InChI=1S/C12H10ClF2N3O/c13-10-2-1-5-16-11(10)18-6-8-3-4-9(7-17-8)19-12(14)15/h1-5,7,12H,6H2,(H,16,18). The first kappa shape index (κ1) is 13.5. The van der Waals surface area contributed by atoms with Crippen LogP contribution in [0.15, 0.2) is 36.7 Å². The molecule has 4 nitrogen and oxygen atoms in total. The second kappa shape index (κ2) is 6.29. The van der Waals surface area contributed by atoms with Gasteiger partial charge >= 0.3 is 6.61 Å². The lowest BCUT2D eigenvalue weighted by Crippen LogP contribution is -2.05. The average Bonchev–Trinajstić information content (AvgIpc) is 2.39. The molecule has 1 N–H and O–H groups in total. The molecule has 0 aliphatic rings. The number of hydrogen-bond acceptors (Lipinski definition) is 4. The van der Waals surface area contributed by atoms with Crippen molar-refractivity contribution in [1.29, 1.82) is 0 Å². The van der Waals surface area contributed by atoms with Gasteiger partial charge in [0.2, 0.25) is 0 Å². The molecule has 0 spiro atoms. The SMILES string of the molecule is FC(F)Oc1ccc(CNc2ncccc2Cl)nc1. The van der Waals surface area contributed by atoms with Gasteiger partial charge in [0.05, 0.1) is 23.5 Å². The smallest absolute Gasteiger partial charge is 0.387 e. The number of rotatable bonds is 5. The van der Waals surface area contributed by atoms with Crippen LogP contribution in [0.3, 0.4) is 0 Å². The van der Waals surface area contributed by atoms with E-state index >= 15 is 0 Å². The molecule has 0 bridgehead atoms. The predicted molar refractivity (Wildman–Crippen MR) is 67.4 cm³/mol. The number of hydrogen-bond donors (Lipinski definition) is 1. The van der Waals surface area contributed by atoms with Crippen molar-refractivity contribution in [3.8, 4) is 5.75 Å². The van der Waals surface area contributed by atoms with E-state index in [-0.39, 0.29) is 5.75 Å². The van der Waals surface area contributed by atoms with Crippen molar-refractivity contribution in [2.45, 2.75) is 13.2 Å². The van der Waals surface area contributed by atoms with Gasteiger partial charge in [0, 0.05) is 6.20 Å². The molecule has 2 rings (SSSR count). The van der Waals surface area contributed by atoms with Crippen molar-refractivity contribution in [2.24, 2.45) is 0 Å². The summed E-state index contributed by atoms with van der Waals surface area (Å²) in [6, 6.07) is 6.45. The van der Waals surface area contributed by atoms with E-state index in [4.69, 9.17) is 11.6 Å². The summed E-state index contributed by atoms with van der Waals surface area (Å²) in [6.45, 7) is -2.47. The molecule has 0 aliphatic carbocycles. The highest BCUT2D eigenvalue weighted by Crippen LogP contribution is 2.18. The first-order chi connectivity index (χ1) is 9.15. The summed E-state index contributed by atoms with van der Waals surface area (Å²) in [6.07, 6.45) is 2.85. The van der Waals surface area contributed by atoms with Crippen LogP contribution in [0, 0.1) is 0 Å². The first-order valence-corrected chi connectivity index (χ1v) is 5.77. The monoisotopic (exact) mass is 285 g/mol. The topological polar surface area (TPSA) is 47.0 Å². The number of nitrogens with one attached hydrogen (secondary N) is 1. The molecule has 2 heterocycles. The zero-order chi connectivity index (χ0) is 13.7. The van der Waals surface area contributed by atoms with Gasteiger partial charge in [-0.2, -0.15) is 8.78 Å². The Kier molecular flexibility index (Phi) is 4.46. The molecule has 0 amide bonds. The normalized spacial score (nSPS) is 10.5. The minimum Gasteiger partial charge on any atom is -0.433 e. The Morgan fingerprint density at radius 1 is 1.26 bits per heavy atom. The summed E-state index contributed by atoms with van der Waals surface area (Å²) >= 11 is 5.92. The third-order valence-electron chi connectivity index (χ3n) is 2.22. The number of anilines is 1. The highest BCUT2D eigenvalue weighted by atomic mass is 35.5. The molecule has 2 aromatic heterocycles. The highest BCUT2D eigenvalue weighted by Gasteiger charge is 2.05. The van der Waals surface area contributed by atoms with Crippen LogP contribution in [-0.2, 0) is 6.54 Å². The van der Waals surface area contributed by atoms with Gasteiger partial charge in [-0.25, -0.2) is 4.98 Å². The van der Waals surface area contributed by atoms with Crippen molar-refractivity contribution in [3.63, 3.8) is 0 Å². The molecule has 0 fully saturated rings. The van der Waals surface area contributed by atoms with Gasteiger partial charge in [-0.3, -0.25) is 4.98 Å². The number of halogens is 3. The molecule has 100 valence electrons. The maximum Gasteiger partial charge on any atom is 0.387 e. The van der Waals surface area contributed by atoms with Crippen LogP contribution in [0.4, 0.5) is 14.6 Å². The minimum atomic E-state index is -2.85. The zero-order valence-corrected chi connectivity index (χ0v) is 10.4. The van der Waals surface area contributed by atoms with Crippen LogP contribution in [0.25, 0.3) is 0 Å². The Bertz CT molecular complexity index is 537. The Hall–Kier alpha value is -1.95. The fraction of sp³-hybridized carbons (Fsp3) is 0.167.